The minimum absolute atomic E-state index is 0.0379. The van der Waals surface area contributed by atoms with Crippen LogP contribution in [0.2, 0.25) is 0 Å². The number of amides is 2. The molecule has 2 rings (SSSR count). The monoisotopic (exact) mass is 337 g/mol. The van der Waals surface area contributed by atoms with Crippen molar-refractivity contribution in [1.29, 1.82) is 0 Å². The molecule has 0 spiro atoms. The van der Waals surface area contributed by atoms with Crippen LogP contribution in [0.3, 0.4) is 0 Å². The summed E-state index contributed by atoms with van der Waals surface area (Å²) in [4.78, 5) is 12.1. The average Bonchev–Trinajstić information content (AvgIpc) is 2.82. The standard InChI is InChI=1S/C17H21F2N3O2/c1-9(8-13-14(18)6-5-7-15(13)19)20-17(23)21-10(2)16-11(3)22-24-12(16)4/h5-7,9-10H,8H2,1-4H3,(H2,20,21,23)/t9-,10-/m1/s1. The topological polar surface area (TPSA) is 67.2 Å². The molecule has 2 amide bonds. The number of hydrogen-bond acceptors (Lipinski definition) is 3. The highest BCUT2D eigenvalue weighted by Crippen LogP contribution is 2.20. The normalized spacial score (nSPS) is 13.4. The summed E-state index contributed by atoms with van der Waals surface area (Å²) < 4.78 is 32.4. The molecule has 0 aliphatic heterocycles. The molecular formula is C17H21F2N3O2. The van der Waals surface area contributed by atoms with Crippen LogP contribution in [-0.2, 0) is 6.42 Å². The van der Waals surface area contributed by atoms with Crippen LogP contribution in [0.5, 0.6) is 0 Å². The van der Waals surface area contributed by atoms with Gasteiger partial charge in [0.15, 0.2) is 0 Å². The van der Waals surface area contributed by atoms with E-state index in [2.05, 4.69) is 15.8 Å². The van der Waals surface area contributed by atoms with Gasteiger partial charge in [0, 0.05) is 17.2 Å². The molecule has 2 atom stereocenters. The van der Waals surface area contributed by atoms with E-state index < -0.39 is 23.7 Å². The smallest absolute Gasteiger partial charge is 0.315 e. The van der Waals surface area contributed by atoms with Crippen LogP contribution in [0.4, 0.5) is 13.6 Å². The number of aromatic nitrogens is 1. The summed E-state index contributed by atoms with van der Waals surface area (Å²) in [6.45, 7) is 7.07. The van der Waals surface area contributed by atoms with E-state index in [0.717, 1.165) is 5.56 Å². The molecule has 2 aromatic rings. The largest absolute Gasteiger partial charge is 0.361 e. The van der Waals surface area contributed by atoms with Crippen molar-refractivity contribution in [1.82, 2.24) is 15.8 Å². The molecule has 2 N–H and O–H groups in total. The first-order valence-electron chi connectivity index (χ1n) is 7.72. The third-order valence-electron chi connectivity index (χ3n) is 3.82. The zero-order valence-electron chi connectivity index (χ0n) is 14.1. The Morgan fingerprint density at radius 1 is 1.21 bits per heavy atom. The number of benzene rings is 1. The molecule has 0 unspecified atom stereocenters. The fourth-order valence-corrected chi connectivity index (χ4v) is 2.73. The molecule has 1 aromatic heterocycles. The number of carbonyl (C=O) groups is 1. The Labute approximate surface area is 139 Å². The van der Waals surface area contributed by atoms with Crippen LogP contribution in [-0.4, -0.2) is 17.2 Å². The second-order valence-electron chi connectivity index (χ2n) is 5.88. The zero-order chi connectivity index (χ0) is 17.9. The van der Waals surface area contributed by atoms with Gasteiger partial charge in [0.25, 0.3) is 0 Å². The number of nitrogens with zero attached hydrogens (tertiary/aromatic N) is 1. The van der Waals surface area contributed by atoms with Crippen molar-refractivity contribution in [3.05, 3.63) is 52.4 Å². The number of aryl methyl sites for hydroxylation is 2. The van der Waals surface area contributed by atoms with E-state index in [4.69, 9.17) is 4.52 Å². The minimum atomic E-state index is -0.617. The Balaban J connectivity index is 1.95. The summed E-state index contributed by atoms with van der Waals surface area (Å²) >= 11 is 0. The zero-order valence-corrected chi connectivity index (χ0v) is 14.1. The number of nitrogens with one attached hydrogen (secondary N) is 2. The van der Waals surface area contributed by atoms with Gasteiger partial charge in [0.05, 0.1) is 11.7 Å². The molecule has 1 aromatic carbocycles. The van der Waals surface area contributed by atoms with Crippen molar-refractivity contribution in [3.63, 3.8) is 0 Å². The van der Waals surface area contributed by atoms with Gasteiger partial charge in [-0.1, -0.05) is 11.2 Å². The molecule has 0 fully saturated rings. The van der Waals surface area contributed by atoms with Crippen LogP contribution in [0.25, 0.3) is 0 Å². The van der Waals surface area contributed by atoms with Crippen molar-refractivity contribution in [2.45, 2.75) is 46.2 Å². The maximum atomic E-state index is 13.6. The lowest BCUT2D eigenvalue weighted by molar-refractivity contribution is 0.234. The maximum Gasteiger partial charge on any atom is 0.315 e. The predicted octanol–water partition coefficient (Wildman–Crippen LogP) is 3.56. The molecule has 7 heteroatoms. The predicted molar refractivity (Wildman–Crippen MR) is 85.6 cm³/mol. The summed E-state index contributed by atoms with van der Waals surface area (Å²) in [6, 6.07) is 2.55. The summed E-state index contributed by atoms with van der Waals surface area (Å²) in [6.07, 6.45) is 0.0611. The van der Waals surface area contributed by atoms with Crippen molar-refractivity contribution in [3.8, 4) is 0 Å². The van der Waals surface area contributed by atoms with E-state index in [9.17, 15) is 13.6 Å². The van der Waals surface area contributed by atoms with E-state index >= 15 is 0 Å². The number of hydrogen-bond donors (Lipinski definition) is 2. The van der Waals surface area contributed by atoms with Gasteiger partial charge < -0.3 is 15.2 Å². The number of urea groups is 1. The molecule has 0 saturated heterocycles. The number of halogens is 2. The third-order valence-corrected chi connectivity index (χ3v) is 3.82. The van der Waals surface area contributed by atoms with Gasteiger partial charge in [0.1, 0.15) is 17.4 Å². The fourth-order valence-electron chi connectivity index (χ4n) is 2.73. The quantitative estimate of drug-likeness (QED) is 0.876. The van der Waals surface area contributed by atoms with Crippen LogP contribution < -0.4 is 10.6 Å². The Morgan fingerprint density at radius 2 is 1.83 bits per heavy atom. The van der Waals surface area contributed by atoms with Crippen molar-refractivity contribution in [2.24, 2.45) is 0 Å². The first kappa shape index (κ1) is 17.9. The lowest BCUT2D eigenvalue weighted by Gasteiger charge is -2.18. The van der Waals surface area contributed by atoms with Gasteiger partial charge in [0.2, 0.25) is 0 Å². The fraction of sp³-hybridized carbons (Fsp3) is 0.412. The second kappa shape index (κ2) is 7.42. The lowest BCUT2D eigenvalue weighted by atomic mass is 10.1. The summed E-state index contributed by atoms with van der Waals surface area (Å²) in [5.41, 5.74) is 1.49. The van der Waals surface area contributed by atoms with Crippen molar-refractivity contribution < 1.29 is 18.1 Å². The Bertz CT molecular complexity index is 691. The van der Waals surface area contributed by atoms with E-state index in [-0.39, 0.29) is 18.0 Å². The Hall–Kier alpha value is -2.44. The Morgan fingerprint density at radius 3 is 2.38 bits per heavy atom. The van der Waals surface area contributed by atoms with Crippen LogP contribution in [0, 0.1) is 25.5 Å². The van der Waals surface area contributed by atoms with Gasteiger partial charge in [-0.15, -0.1) is 0 Å². The van der Waals surface area contributed by atoms with E-state index in [1.807, 2.05) is 6.92 Å². The molecule has 0 bridgehead atoms. The molecule has 0 saturated carbocycles. The van der Waals surface area contributed by atoms with Gasteiger partial charge in [-0.2, -0.15) is 0 Å². The van der Waals surface area contributed by atoms with E-state index in [1.165, 1.54) is 18.2 Å². The molecule has 1 heterocycles. The highest BCUT2D eigenvalue weighted by atomic mass is 19.1. The summed E-state index contributed by atoms with van der Waals surface area (Å²) in [5.74, 6) is -0.594. The van der Waals surface area contributed by atoms with Crippen LogP contribution in [0.15, 0.2) is 22.7 Å². The highest BCUT2D eigenvalue weighted by molar-refractivity contribution is 5.74. The van der Waals surface area contributed by atoms with E-state index in [0.29, 0.717) is 11.5 Å². The van der Waals surface area contributed by atoms with Crippen LogP contribution >= 0.6 is 0 Å². The minimum Gasteiger partial charge on any atom is -0.361 e. The highest BCUT2D eigenvalue weighted by Gasteiger charge is 2.19. The maximum absolute atomic E-state index is 13.6. The van der Waals surface area contributed by atoms with Gasteiger partial charge >= 0.3 is 6.03 Å². The summed E-state index contributed by atoms with van der Waals surface area (Å²) in [5, 5.41) is 9.30. The first-order valence-corrected chi connectivity index (χ1v) is 7.72. The SMILES string of the molecule is Cc1noc(C)c1[C@@H](C)NC(=O)N[C@H](C)Cc1c(F)cccc1F. The van der Waals surface area contributed by atoms with E-state index in [1.54, 1.807) is 20.8 Å². The van der Waals surface area contributed by atoms with Crippen molar-refractivity contribution >= 4 is 6.03 Å². The molecule has 0 aliphatic carbocycles. The average molecular weight is 337 g/mol. The molecule has 130 valence electrons. The molecule has 5 nitrogen and oxygen atoms in total. The summed E-state index contributed by atoms with van der Waals surface area (Å²) in [7, 11) is 0. The second-order valence-corrected chi connectivity index (χ2v) is 5.88. The van der Waals surface area contributed by atoms with Gasteiger partial charge in [-0.05, 0) is 46.2 Å². The Kier molecular flexibility index (Phi) is 5.54. The van der Waals surface area contributed by atoms with Gasteiger partial charge in [-0.3, -0.25) is 0 Å². The number of rotatable bonds is 5. The first-order chi connectivity index (χ1) is 11.3. The third kappa shape index (κ3) is 4.10. The molecular weight excluding hydrogens is 316 g/mol. The molecule has 0 radical (unpaired) electrons. The molecule has 0 aliphatic rings. The van der Waals surface area contributed by atoms with Gasteiger partial charge in [-0.25, -0.2) is 13.6 Å². The molecule has 24 heavy (non-hydrogen) atoms. The number of carbonyl (C=O) groups excluding carboxylic acids is 1. The lowest BCUT2D eigenvalue weighted by Crippen LogP contribution is -2.42. The van der Waals surface area contributed by atoms with Crippen LogP contribution in [0.1, 0.15) is 42.5 Å². The van der Waals surface area contributed by atoms with Crippen molar-refractivity contribution in [2.75, 3.05) is 0 Å².